The van der Waals surface area contributed by atoms with Crippen LogP contribution in [0.15, 0.2) is 46.9 Å². The molecule has 9 heteroatoms. The number of non-ortho nitro benzene ring substituents is 1. The first kappa shape index (κ1) is 19.3. The van der Waals surface area contributed by atoms with E-state index in [0.717, 1.165) is 6.42 Å². The molecule has 0 atom stereocenters. The number of nitro groups is 1. The normalized spacial score (nSPS) is 13.7. The van der Waals surface area contributed by atoms with Crippen LogP contribution in [-0.4, -0.2) is 34.9 Å². The maximum absolute atomic E-state index is 13.2. The molecule has 2 aromatic carbocycles. The Balaban J connectivity index is 1.98. The van der Waals surface area contributed by atoms with Gasteiger partial charge in [0.25, 0.3) is 11.6 Å². The van der Waals surface area contributed by atoms with Crippen LogP contribution in [-0.2, 0) is 4.79 Å². The first-order valence-corrected chi connectivity index (χ1v) is 9.33. The summed E-state index contributed by atoms with van der Waals surface area (Å²) in [6.07, 6.45) is 1.18. The summed E-state index contributed by atoms with van der Waals surface area (Å²) < 4.78 is 0.691. The predicted octanol–water partition coefficient (Wildman–Crippen LogP) is 4.24. The fourth-order valence-electron chi connectivity index (χ4n) is 2.85. The van der Waals surface area contributed by atoms with Crippen molar-refractivity contribution in [2.75, 3.05) is 18.1 Å². The average molecular weight is 453 g/mol. The van der Waals surface area contributed by atoms with Crippen LogP contribution in [0.5, 0.6) is 0 Å². The lowest BCUT2D eigenvalue weighted by Gasteiger charge is -2.28. The Labute approximate surface area is 168 Å². The van der Waals surface area contributed by atoms with E-state index in [9.17, 15) is 19.7 Å². The number of benzene rings is 2. The molecule has 1 heterocycles. The van der Waals surface area contributed by atoms with Crippen molar-refractivity contribution >= 4 is 50.7 Å². The first-order valence-electron chi connectivity index (χ1n) is 8.16. The molecule has 0 aliphatic carbocycles. The summed E-state index contributed by atoms with van der Waals surface area (Å²) >= 11 is 9.52. The number of likely N-dealkylation sites (tertiary alicyclic amines) is 1. The third kappa shape index (κ3) is 4.28. The van der Waals surface area contributed by atoms with Crippen molar-refractivity contribution in [3.63, 3.8) is 0 Å². The van der Waals surface area contributed by atoms with Crippen molar-refractivity contribution in [3.8, 4) is 0 Å². The van der Waals surface area contributed by atoms with Crippen LogP contribution >= 0.6 is 27.5 Å². The zero-order valence-corrected chi connectivity index (χ0v) is 16.4. The van der Waals surface area contributed by atoms with E-state index in [1.54, 1.807) is 23.1 Å². The summed E-state index contributed by atoms with van der Waals surface area (Å²) in [7, 11) is 0. The number of rotatable bonds is 5. The van der Waals surface area contributed by atoms with E-state index < -0.39 is 10.8 Å². The minimum Gasteiger partial charge on any atom is -0.324 e. The molecule has 0 unspecified atom stereocenters. The summed E-state index contributed by atoms with van der Waals surface area (Å²) in [6, 6.07) is 10.6. The highest BCUT2D eigenvalue weighted by atomic mass is 79.9. The lowest BCUT2D eigenvalue weighted by Crippen LogP contribution is -2.42. The first-order chi connectivity index (χ1) is 12.9. The number of hydrogen-bond acceptors (Lipinski definition) is 4. The van der Waals surface area contributed by atoms with Gasteiger partial charge in [-0.25, -0.2) is 0 Å². The minimum absolute atomic E-state index is 0.0324. The van der Waals surface area contributed by atoms with Crippen LogP contribution in [0.1, 0.15) is 23.2 Å². The molecule has 0 aromatic heterocycles. The minimum atomic E-state index is -0.509. The molecule has 0 N–H and O–H groups in total. The molecule has 2 aromatic rings. The van der Waals surface area contributed by atoms with Gasteiger partial charge >= 0.3 is 0 Å². The third-order valence-electron chi connectivity index (χ3n) is 4.26. The van der Waals surface area contributed by atoms with Crippen molar-refractivity contribution < 1.29 is 14.5 Å². The highest BCUT2D eigenvalue weighted by molar-refractivity contribution is 9.10. The molecule has 0 saturated carbocycles. The molecule has 0 bridgehead atoms. The fraction of sp³-hybridized carbons (Fsp3) is 0.222. The lowest BCUT2D eigenvalue weighted by molar-refractivity contribution is -0.384. The van der Waals surface area contributed by atoms with Crippen molar-refractivity contribution in [2.24, 2.45) is 0 Å². The van der Waals surface area contributed by atoms with Gasteiger partial charge < -0.3 is 4.90 Å². The van der Waals surface area contributed by atoms with Crippen molar-refractivity contribution in [1.82, 2.24) is 4.90 Å². The summed E-state index contributed by atoms with van der Waals surface area (Å²) in [5, 5.41) is 11.2. The molecule has 2 amide bonds. The Morgan fingerprint density at radius 3 is 2.56 bits per heavy atom. The van der Waals surface area contributed by atoms with Gasteiger partial charge in [0.2, 0.25) is 5.91 Å². The Bertz CT molecular complexity index is 904. The zero-order valence-electron chi connectivity index (χ0n) is 14.1. The fourth-order valence-corrected chi connectivity index (χ4v) is 3.41. The SMILES string of the molecule is O=C1CCCN1CN(C(=O)c1cc(Br)ccc1Cl)c1ccc([N+](=O)[O-])cc1. The van der Waals surface area contributed by atoms with E-state index in [1.807, 2.05) is 0 Å². The van der Waals surface area contributed by atoms with Gasteiger partial charge in [0.05, 0.1) is 15.5 Å². The van der Waals surface area contributed by atoms with Crippen molar-refractivity contribution in [1.29, 1.82) is 0 Å². The number of halogens is 2. The quantitative estimate of drug-likeness (QED) is 0.502. The average Bonchev–Trinajstić information content (AvgIpc) is 3.06. The highest BCUT2D eigenvalue weighted by Gasteiger charge is 2.27. The predicted molar refractivity (Wildman–Crippen MR) is 105 cm³/mol. The number of amides is 2. The smallest absolute Gasteiger partial charge is 0.269 e. The number of nitro benzene ring substituents is 1. The van der Waals surface area contributed by atoms with Crippen LogP contribution in [0.25, 0.3) is 0 Å². The monoisotopic (exact) mass is 451 g/mol. The summed E-state index contributed by atoms with van der Waals surface area (Å²) in [4.78, 5) is 38.6. The highest BCUT2D eigenvalue weighted by Crippen LogP contribution is 2.27. The van der Waals surface area contributed by atoms with Gasteiger partial charge in [-0.2, -0.15) is 0 Å². The van der Waals surface area contributed by atoms with Gasteiger partial charge in [-0.15, -0.1) is 0 Å². The van der Waals surface area contributed by atoms with Gasteiger partial charge in [-0.3, -0.25) is 24.6 Å². The molecule has 140 valence electrons. The molecule has 0 radical (unpaired) electrons. The summed E-state index contributed by atoms with van der Waals surface area (Å²) in [6.45, 7) is 0.611. The van der Waals surface area contributed by atoms with E-state index in [0.29, 0.717) is 23.1 Å². The van der Waals surface area contributed by atoms with Gasteiger partial charge in [-0.1, -0.05) is 27.5 Å². The van der Waals surface area contributed by atoms with Crippen LogP contribution < -0.4 is 4.90 Å². The molecule has 3 rings (SSSR count). The lowest BCUT2D eigenvalue weighted by atomic mass is 10.1. The molecule has 1 saturated heterocycles. The summed E-state index contributed by atoms with van der Waals surface area (Å²) in [5.74, 6) is -0.426. The van der Waals surface area contributed by atoms with E-state index in [-0.39, 0.29) is 28.8 Å². The van der Waals surface area contributed by atoms with Crippen LogP contribution in [0.2, 0.25) is 5.02 Å². The van der Waals surface area contributed by atoms with Gasteiger partial charge in [-0.05, 0) is 36.8 Å². The molecule has 7 nitrogen and oxygen atoms in total. The zero-order chi connectivity index (χ0) is 19.6. The van der Waals surface area contributed by atoms with Gasteiger partial charge in [0.1, 0.15) is 6.67 Å². The molecule has 27 heavy (non-hydrogen) atoms. The standard InChI is InChI=1S/C18H15BrClN3O4/c19-12-3-8-16(20)15(10-12)18(25)22(11-21-9-1-2-17(21)24)13-4-6-14(7-5-13)23(26)27/h3-8,10H,1-2,9,11H2. The number of anilines is 1. The Morgan fingerprint density at radius 1 is 1.26 bits per heavy atom. The maximum atomic E-state index is 13.2. The van der Waals surface area contributed by atoms with Gasteiger partial charge in [0, 0.05) is 35.3 Å². The Morgan fingerprint density at radius 2 is 1.96 bits per heavy atom. The van der Waals surface area contributed by atoms with E-state index in [2.05, 4.69) is 15.9 Å². The number of hydrogen-bond donors (Lipinski definition) is 0. The topological polar surface area (TPSA) is 83.8 Å². The second-order valence-electron chi connectivity index (χ2n) is 6.03. The Kier molecular flexibility index (Phi) is 5.76. The molecular weight excluding hydrogens is 438 g/mol. The summed E-state index contributed by atoms with van der Waals surface area (Å²) in [5.41, 5.74) is 0.640. The molecular formula is C18H15BrClN3O4. The molecule has 1 aliphatic heterocycles. The number of carbonyl (C=O) groups is 2. The van der Waals surface area contributed by atoms with E-state index in [1.165, 1.54) is 29.2 Å². The van der Waals surface area contributed by atoms with Crippen LogP contribution in [0.3, 0.4) is 0 Å². The molecule has 0 spiro atoms. The molecule has 1 aliphatic rings. The number of nitrogens with zero attached hydrogens (tertiary/aromatic N) is 3. The largest absolute Gasteiger partial charge is 0.324 e. The molecule has 1 fully saturated rings. The van der Waals surface area contributed by atoms with Crippen molar-refractivity contribution in [3.05, 3.63) is 67.6 Å². The maximum Gasteiger partial charge on any atom is 0.269 e. The Hall–Kier alpha value is -2.45. The van der Waals surface area contributed by atoms with Crippen molar-refractivity contribution in [2.45, 2.75) is 12.8 Å². The third-order valence-corrected chi connectivity index (χ3v) is 5.08. The van der Waals surface area contributed by atoms with E-state index >= 15 is 0 Å². The second kappa shape index (κ2) is 8.06. The van der Waals surface area contributed by atoms with Crippen LogP contribution in [0.4, 0.5) is 11.4 Å². The van der Waals surface area contributed by atoms with Gasteiger partial charge in [0.15, 0.2) is 0 Å². The van der Waals surface area contributed by atoms with Crippen LogP contribution in [0, 0.1) is 10.1 Å². The number of carbonyl (C=O) groups excluding carboxylic acids is 2. The second-order valence-corrected chi connectivity index (χ2v) is 7.36. The van der Waals surface area contributed by atoms with E-state index in [4.69, 9.17) is 11.6 Å².